The van der Waals surface area contributed by atoms with Crippen LogP contribution in [0.2, 0.25) is 0 Å². The third-order valence-corrected chi connectivity index (χ3v) is 5.19. The maximum Gasteiger partial charge on any atom is 0.213 e. The van der Waals surface area contributed by atoms with Crippen molar-refractivity contribution in [1.82, 2.24) is 15.6 Å². The number of nitrogens with zero attached hydrogens (tertiary/aromatic N) is 2. The minimum absolute atomic E-state index is 0. The Bertz CT molecular complexity index is 929. The van der Waals surface area contributed by atoms with E-state index in [4.69, 9.17) is 4.74 Å². The quantitative estimate of drug-likeness (QED) is 0.324. The van der Waals surface area contributed by atoms with Crippen molar-refractivity contribution in [3.05, 3.63) is 53.2 Å². The second-order valence-corrected chi connectivity index (χ2v) is 8.81. The van der Waals surface area contributed by atoms with E-state index in [-0.39, 0.29) is 30.1 Å². The zero-order valence-electron chi connectivity index (χ0n) is 17.4. The maximum absolute atomic E-state index is 11.7. The van der Waals surface area contributed by atoms with E-state index in [1.165, 1.54) is 6.26 Å². The van der Waals surface area contributed by atoms with Crippen LogP contribution in [0.15, 0.2) is 46.4 Å². The smallest absolute Gasteiger partial charge is 0.213 e. The van der Waals surface area contributed by atoms with Crippen molar-refractivity contribution in [2.45, 2.75) is 44.9 Å². The van der Waals surface area contributed by atoms with Gasteiger partial charge in [0.2, 0.25) is 5.88 Å². The third-order valence-electron chi connectivity index (χ3n) is 3.94. The SMILES string of the molecule is CN=C(NCc1ccc(OC(C)C)nc1)NCc1ccc(S(C)(=O)=O)c(C)c1.I. The number of benzene rings is 1. The van der Waals surface area contributed by atoms with Gasteiger partial charge in [0, 0.05) is 38.7 Å². The Kier molecular flexibility index (Phi) is 9.84. The highest BCUT2D eigenvalue weighted by Gasteiger charge is 2.11. The van der Waals surface area contributed by atoms with Crippen molar-refractivity contribution in [3.8, 4) is 5.88 Å². The van der Waals surface area contributed by atoms with Crippen molar-refractivity contribution < 1.29 is 13.2 Å². The molecule has 0 aliphatic carbocycles. The number of sulfone groups is 1. The van der Waals surface area contributed by atoms with E-state index >= 15 is 0 Å². The molecule has 9 heteroatoms. The highest BCUT2D eigenvalue weighted by Crippen LogP contribution is 2.16. The Morgan fingerprint density at radius 2 is 1.76 bits per heavy atom. The highest BCUT2D eigenvalue weighted by atomic mass is 127. The molecule has 1 aromatic carbocycles. The largest absolute Gasteiger partial charge is 0.475 e. The minimum atomic E-state index is -3.21. The van der Waals surface area contributed by atoms with Crippen LogP contribution in [0.5, 0.6) is 5.88 Å². The number of aryl methyl sites for hydroxylation is 1. The van der Waals surface area contributed by atoms with Crippen LogP contribution in [0.1, 0.15) is 30.5 Å². The van der Waals surface area contributed by atoms with Crippen LogP contribution in [0.25, 0.3) is 0 Å². The van der Waals surface area contributed by atoms with E-state index < -0.39 is 9.84 Å². The van der Waals surface area contributed by atoms with Crippen LogP contribution in [-0.4, -0.2) is 38.8 Å². The molecule has 2 aromatic rings. The lowest BCUT2D eigenvalue weighted by atomic mass is 10.1. The first-order chi connectivity index (χ1) is 13.2. The fourth-order valence-corrected chi connectivity index (χ4v) is 3.62. The first-order valence-corrected chi connectivity index (χ1v) is 10.9. The number of nitrogens with one attached hydrogen (secondary N) is 2. The molecule has 29 heavy (non-hydrogen) atoms. The van der Waals surface area contributed by atoms with Crippen molar-refractivity contribution in [1.29, 1.82) is 0 Å². The van der Waals surface area contributed by atoms with Gasteiger partial charge in [0.1, 0.15) is 0 Å². The van der Waals surface area contributed by atoms with Crippen molar-refractivity contribution in [2.24, 2.45) is 4.99 Å². The molecule has 0 unspecified atom stereocenters. The number of hydrogen-bond acceptors (Lipinski definition) is 5. The van der Waals surface area contributed by atoms with Gasteiger partial charge in [-0.05, 0) is 43.5 Å². The first kappa shape index (κ1) is 25.2. The maximum atomic E-state index is 11.7. The molecular formula is C20H29IN4O3S. The molecule has 0 saturated heterocycles. The summed E-state index contributed by atoms with van der Waals surface area (Å²) in [6.45, 7) is 6.82. The molecule has 0 radical (unpaired) electrons. The van der Waals surface area contributed by atoms with Gasteiger partial charge in [0.05, 0.1) is 11.0 Å². The van der Waals surface area contributed by atoms with E-state index in [9.17, 15) is 8.42 Å². The summed E-state index contributed by atoms with van der Waals surface area (Å²) in [4.78, 5) is 8.85. The molecule has 0 bridgehead atoms. The van der Waals surface area contributed by atoms with Gasteiger partial charge in [-0.2, -0.15) is 0 Å². The summed E-state index contributed by atoms with van der Waals surface area (Å²) in [7, 11) is -1.51. The summed E-state index contributed by atoms with van der Waals surface area (Å²) < 4.78 is 29.0. The van der Waals surface area contributed by atoms with Gasteiger partial charge in [-0.15, -0.1) is 24.0 Å². The predicted octanol–water partition coefficient (Wildman–Crippen LogP) is 3.06. The number of pyridine rings is 1. The molecule has 0 fully saturated rings. The Balaban J connectivity index is 0.00000420. The van der Waals surface area contributed by atoms with Gasteiger partial charge >= 0.3 is 0 Å². The fourth-order valence-electron chi connectivity index (χ4n) is 2.66. The van der Waals surface area contributed by atoms with E-state index in [1.54, 1.807) is 32.3 Å². The lowest BCUT2D eigenvalue weighted by Crippen LogP contribution is -2.36. The second-order valence-electron chi connectivity index (χ2n) is 6.82. The number of hydrogen-bond donors (Lipinski definition) is 2. The van der Waals surface area contributed by atoms with Crippen molar-refractivity contribution in [3.63, 3.8) is 0 Å². The molecule has 7 nitrogen and oxygen atoms in total. The minimum Gasteiger partial charge on any atom is -0.475 e. The van der Waals surface area contributed by atoms with Crippen molar-refractivity contribution >= 4 is 39.8 Å². The summed E-state index contributed by atoms with van der Waals surface area (Å²) in [6, 6.07) is 9.12. The molecule has 1 heterocycles. The Morgan fingerprint density at radius 3 is 2.24 bits per heavy atom. The van der Waals surface area contributed by atoms with Gasteiger partial charge in [-0.25, -0.2) is 13.4 Å². The summed E-state index contributed by atoms with van der Waals surface area (Å²) >= 11 is 0. The zero-order valence-corrected chi connectivity index (χ0v) is 20.5. The van der Waals surface area contributed by atoms with Crippen LogP contribution in [0, 0.1) is 6.92 Å². The lowest BCUT2D eigenvalue weighted by Gasteiger charge is -2.13. The molecule has 2 rings (SSSR count). The predicted molar refractivity (Wildman–Crippen MR) is 127 cm³/mol. The number of ether oxygens (including phenoxy) is 1. The highest BCUT2D eigenvalue weighted by molar-refractivity contribution is 14.0. The topological polar surface area (TPSA) is 92.7 Å². The summed E-state index contributed by atoms with van der Waals surface area (Å²) in [6.07, 6.45) is 3.08. The summed E-state index contributed by atoms with van der Waals surface area (Å²) in [5, 5.41) is 6.45. The Hall–Kier alpha value is -1.88. The molecule has 1 aromatic heterocycles. The van der Waals surface area contributed by atoms with Gasteiger partial charge in [-0.3, -0.25) is 4.99 Å². The molecule has 0 aliphatic heterocycles. The van der Waals surface area contributed by atoms with Gasteiger partial charge in [-0.1, -0.05) is 18.2 Å². The van der Waals surface area contributed by atoms with E-state index in [0.717, 1.165) is 16.7 Å². The molecule has 2 N–H and O–H groups in total. The molecule has 0 saturated carbocycles. The van der Waals surface area contributed by atoms with Crippen LogP contribution in [0.3, 0.4) is 0 Å². The van der Waals surface area contributed by atoms with Crippen LogP contribution in [-0.2, 0) is 22.9 Å². The Morgan fingerprint density at radius 1 is 1.14 bits per heavy atom. The van der Waals surface area contributed by atoms with E-state index in [2.05, 4.69) is 20.6 Å². The van der Waals surface area contributed by atoms with Crippen LogP contribution in [0.4, 0.5) is 0 Å². The number of halogens is 1. The fraction of sp³-hybridized carbons (Fsp3) is 0.400. The van der Waals surface area contributed by atoms with Crippen molar-refractivity contribution in [2.75, 3.05) is 13.3 Å². The molecule has 0 atom stereocenters. The van der Waals surface area contributed by atoms with E-state index in [1.807, 2.05) is 32.0 Å². The van der Waals surface area contributed by atoms with Gasteiger partial charge < -0.3 is 15.4 Å². The molecular weight excluding hydrogens is 503 g/mol. The summed E-state index contributed by atoms with van der Waals surface area (Å²) in [5.74, 6) is 1.25. The van der Waals surface area contributed by atoms with Gasteiger partial charge in [0.15, 0.2) is 15.8 Å². The van der Waals surface area contributed by atoms with Gasteiger partial charge in [0.25, 0.3) is 0 Å². The monoisotopic (exact) mass is 532 g/mol. The summed E-state index contributed by atoms with van der Waals surface area (Å²) in [5.41, 5.74) is 2.72. The normalized spacial score (nSPS) is 11.7. The average Bonchev–Trinajstić information content (AvgIpc) is 2.61. The zero-order chi connectivity index (χ0) is 20.7. The Labute approximate surface area is 190 Å². The number of aromatic nitrogens is 1. The first-order valence-electron chi connectivity index (χ1n) is 9.04. The van der Waals surface area contributed by atoms with Crippen LogP contribution < -0.4 is 15.4 Å². The second kappa shape index (κ2) is 11.3. The van der Waals surface area contributed by atoms with Crippen LogP contribution >= 0.6 is 24.0 Å². The number of rotatable bonds is 7. The number of aliphatic imine (C=N–C) groups is 1. The molecule has 0 spiro atoms. The standard InChI is InChI=1S/C20H28N4O3S.HI/c1-14(2)27-19-9-7-17(12-22-19)13-24-20(21-4)23-11-16-6-8-18(15(3)10-16)28(5,25)26;/h6-10,12,14H,11,13H2,1-5H3,(H2,21,23,24);1H. The molecule has 0 aliphatic rings. The third kappa shape index (κ3) is 8.17. The lowest BCUT2D eigenvalue weighted by molar-refractivity contribution is 0.232. The molecule has 0 amide bonds. The van der Waals surface area contributed by atoms with E-state index in [0.29, 0.717) is 29.8 Å². The molecule has 160 valence electrons. The number of guanidine groups is 1. The average molecular weight is 532 g/mol.